The highest BCUT2D eigenvalue weighted by Gasteiger charge is 2.48. The van der Waals surface area contributed by atoms with Crippen LogP contribution >= 0.6 is 34.7 Å². The number of carbonyl (C=O) groups is 2. The molecule has 4 aromatic carbocycles. The maximum absolute atomic E-state index is 13.7. The maximum atomic E-state index is 13.7. The molecule has 0 aliphatic carbocycles. The summed E-state index contributed by atoms with van der Waals surface area (Å²) >= 11 is 8.77. The van der Waals surface area contributed by atoms with Crippen molar-refractivity contribution in [1.29, 1.82) is 0 Å². The number of Topliss-reactive ketones (excluding diaryl/α,β-unsaturated/α-hetero) is 1. The van der Waals surface area contributed by atoms with Crippen LogP contribution in [-0.2, 0) is 21.9 Å². The summed E-state index contributed by atoms with van der Waals surface area (Å²) < 4.78 is 12.7. The number of halogens is 1. The molecule has 0 saturated carbocycles. The number of thioether (sulfide) groups is 1. The normalized spacial score (nSPS) is 15.7. The molecule has 5 aromatic rings. The van der Waals surface area contributed by atoms with Gasteiger partial charge in [0.25, 0.3) is 5.78 Å². The number of aromatic nitrogens is 2. The Morgan fingerprint density at radius 3 is 2.28 bits per heavy atom. The van der Waals surface area contributed by atoms with Crippen molar-refractivity contribution in [2.45, 2.75) is 29.7 Å². The SMILES string of the molecule is CCOc1cc(C2C(=C(O)c3ccc(Cl)cc3)C(=O)C(=O)N2c2nnc(SCc3ccccc3)s2)ccc1OCc1ccccc1. The topological polar surface area (TPSA) is 102 Å². The van der Waals surface area contributed by atoms with Crippen molar-refractivity contribution in [1.82, 2.24) is 10.2 Å². The number of nitrogens with zero attached hydrogens (tertiary/aromatic N) is 3. The molecular formula is C35H28ClN3O5S2. The number of ether oxygens (including phenoxy) is 2. The standard InChI is InChI=1S/C35H28ClN3O5S2/c1-2-43-28-19-25(15-18-27(28)44-20-22-9-5-3-6-10-22)30-29(31(40)24-13-16-26(36)17-14-24)32(41)33(42)39(30)34-37-38-35(46-34)45-21-23-11-7-4-8-12-23/h3-19,30,40H,2,20-21H2,1H3. The van der Waals surface area contributed by atoms with Crippen molar-refractivity contribution in [3.05, 3.63) is 136 Å². The lowest BCUT2D eigenvalue weighted by atomic mass is 9.95. The summed E-state index contributed by atoms with van der Waals surface area (Å²) in [7, 11) is 0. The molecule has 1 fully saturated rings. The first-order valence-corrected chi connectivity index (χ1v) is 16.6. The Morgan fingerprint density at radius 1 is 0.891 bits per heavy atom. The minimum Gasteiger partial charge on any atom is -0.507 e. The van der Waals surface area contributed by atoms with Gasteiger partial charge < -0.3 is 14.6 Å². The van der Waals surface area contributed by atoms with Gasteiger partial charge >= 0.3 is 5.91 Å². The summed E-state index contributed by atoms with van der Waals surface area (Å²) in [5.74, 6) is -0.389. The molecule has 0 spiro atoms. The van der Waals surface area contributed by atoms with Gasteiger partial charge in [0.05, 0.1) is 18.2 Å². The van der Waals surface area contributed by atoms with E-state index in [1.54, 1.807) is 42.5 Å². The highest BCUT2D eigenvalue weighted by atomic mass is 35.5. The summed E-state index contributed by atoms with van der Waals surface area (Å²) in [6.45, 7) is 2.54. The lowest BCUT2D eigenvalue weighted by molar-refractivity contribution is -0.132. The average Bonchev–Trinajstić information content (AvgIpc) is 3.65. The Kier molecular flexibility index (Phi) is 9.68. The molecule has 1 aromatic heterocycles. The summed E-state index contributed by atoms with van der Waals surface area (Å²) in [5, 5.41) is 20.8. The largest absolute Gasteiger partial charge is 0.507 e. The minimum atomic E-state index is -1.02. The van der Waals surface area contributed by atoms with Crippen LogP contribution in [-0.4, -0.2) is 33.6 Å². The van der Waals surface area contributed by atoms with Crippen molar-refractivity contribution in [3.63, 3.8) is 0 Å². The monoisotopic (exact) mass is 669 g/mol. The van der Waals surface area contributed by atoms with Crippen LogP contribution in [0.4, 0.5) is 5.13 Å². The maximum Gasteiger partial charge on any atom is 0.301 e. The van der Waals surface area contributed by atoms with Crippen molar-refractivity contribution >= 4 is 57.3 Å². The van der Waals surface area contributed by atoms with E-state index in [0.29, 0.717) is 51.0 Å². The van der Waals surface area contributed by atoms with Crippen LogP contribution in [0, 0.1) is 0 Å². The van der Waals surface area contributed by atoms with Crippen LogP contribution in [0.2, 0.25) is 5.02 Å². The third-order valence-electron chi connectivity index (χ3n) is 7.19. The fourth-order valence-corrected chi connectivity index (χ4v) is 6.95. The van der Waals surface area contributed by atoms with Gasteiger partial charge in [-0.25, -0.2) is 0 Å². The van der Waals surface area contributed by atoms with Crippen molar-refractivity contribution in [2.75, 3.05) is 11.5 Å². The molecule has 0 radical (unpaired) electrons. The van der Waals surface area contributed by atoms with Gasteiger partial charge in [-0.05, 0) is 60.0 Å². The van der Waals surface area contributed by atoms with Gasteiger partial charge in [-0.2, -0.15) is 0 Å². The van der Waals surface area contributed by atoms with Crippen LogP contribution < -0.4 is 14.4 Å². The first-order valence-electron chi connectivity index (χ1n) is 14.4. The quantitative estimate of drug-likeness (QED) is 0.0495. The highest BCUT2D eigenvalue weighted by molar-refractivity contribution is 8.00. The van der Waals surface area contributed by atoms with Crippen LogP contribution in [0.3, 0.4) is 0 Å². The van der Waals surface area contributed by atoms with E-state index in [2.05, 4.69) is 10.2 Å². The third-order valence-corrected chi connectivity index (χ3v) is 9.57. The molecule has 11 heteroatoms. The number of carbonyl (C=O) groups excluding carboxylic acids is 2. The number of anilines is 1. The number of ketones is 1. The molecule has 1 aliphatic heterocycles. The molecular weight excluding hydrogens is 642 g/mol. The fraction of sp³-hybridized carbons (Fsp3) is 0.143. The molecule has 1 saturated heterocycles. The molecule has 1 atom stereocenters. The first kappa shape index (κ1) is 31.3. The van der Waals surface area contributed by atoms with Gasteiger partial charge in [0.15, 0.2) is 15.8 Å². The van der Waals surface area contributed by atoms with Gasteiger partial charge in [0.1, 0.15) is 12.4 Å². The average molecular weight is 670 g/mol. The van der Waals surface area contributed by atoms with E-state index in [1.165, 1.54) is 28.0 Å². The van der Waals surface area contributed by atoms with Crippen molar-refractivity contribution in [3.8, 4) is 11.5 Å². The number of amides is 1. The summed E-state index contributed by atoms with van der Waals surface area (Å²) in [4.78, 5) is 28.7. The molecule has 1 unspecified atom stereocenters. The van der Waals surface area contributed by atoms with Crippen LogP contribution in [0.15, 0.2) is 113 Å². The number of rotatable bonds is 11. The Labute approximate surface area is 279 Å². The molecule has 1 amide bonds. The van der Waals surface area contributed by atoms with E-state index in [4.69, 9.17) is 21.1 Å². The van der Waals surface area contributed by atoms with Gasteiger partial charge in [-0.15, -0.1) is 10.2 Å². The molecule has 6 rings (SSSR count). The third kappa shape index (κ3) is 6.79. The lowest BCUT2D eigenvalue weighted by Crippen LogP contribution is -2.29. The van der Waals surface area contributed by atoms with E-state index < -0.39 is 17.7 Å². The van der Waals surface area contributed by atoms with Gasteiger partial charge in [-0.1, -0.05) is 101 Å². The van der Waals surface area contributed by atoms with Crippen LogP contribution in [0.25, 0.3) is 5.76 Å². The predicted octanol–water partition coefficient (Wildman–Crippen LogP) is 8.09. The van der Waals surface area contributed by atoms with Crippen molar-refractivity contribution in [2.24, 2.45) is 0 Å². The van der Waals surface area contributed by atoms with Gasteiger partial charge in [0, 0.05) is 16.3 Å². The Morgan fingerprint density at radius 2 is 1.59 bits per heavy atom. The summed E-state index contributed by atoms with van der Waals surface area (Å²) in [6, 6.07) is 30.3. The zero-order valence-electron chi connectivity index (χ0n) is 24.6. The number of benzene rings is 4. The van der Waals surface area contributed by atoms with E-state index in [1.807, 2.05) is 67.6 Å². The second kappa shape index (κ2) is 14.2. The van der Waals surface area contributed by atoms with Gasteiger partial charge in [-0.3, -0.25) is 14.5 Å². The molecule has 1 N–H and O–H groups in total. The number of hydrogen-bond donors (Lipinski definition) is 1. The molecule has 2 heterocycles. The predicted molar refractivity (Wildman–Crippen MR) is 181 cm³/mol. The smallest absolute Gasteiger partial charge is 0.301 e. The minimum absolute atomic E-state index is 0.0820. The van der Waals surface area contributed by atoms with E-state index in [-0.39, 0.29) is 16.5 Å². The molecule has 0 bridgehead atoms. The zero-order valence-corrected chi connectivity index (χ0v) is 27.0. The van der Waals surface area contributed by atoms with Crippen LogP contribution in [0.5, 0.6) is 11.5 Å². The fourth-order valence-electron chi connectivity index (χ4n) is 5.00. The number of hydrogen-bond acceptors (Lipinski definition) is 9. The number of aliphatic hydroxyl groups is 1. The second-order valence-corrected chi connectivity index (χ2v) is 12.8. The Balaban J connectivity index is 1.40. The summed E-state index contributed by atoms with van der Waals surface area (Å²) in [5.41, 5.74) is 2.89. The number of aliphatic hydroxyl groups excluding tert-OH is 1. The van der Waals surface area contributed by atoms with Crippen LogP contribution in [0.1, 0.15) is 35.2 Å². The molecule has 1 aliphatic rings. The Hall–Kier alpha value is -4.64. The zero-order chi connectivity index (χ0) is 32.0. The molecule has 8 nitrogen and oxygen atoms in total. The lowest BCUT2D eigenvalue weighted by Gasteiger charge is -2.23. The summed E-state index contributed by atoms with van der Waals surface area (Å²) in [6.07, 6.45) is 0. The van der Waals surface area contributed by atoms with Gasteiger partial charge in [0.2, 0.25) is 5.13 Å². The second-order valence-electron chi connectivity index (χ2n) is 10.2. The van der Waals surface area contributed by atoms with E-state index in [0.717, 1.165) is 11.1 Å². The first-order chi connectivity index (χ1) is 22.4. The Bertz CT molecular complexity index is 1880. The van der Waals surface area contributed by atoms with E-state index in [9.17, 15) is 14.7 Å². The molecule has 232 valence electrons. The van der Waals surface area contributed by atoms with Crippen molar-refractivity contribution < 1.29 is 24.2 Å². The highest BCUT2D eigenvalue weighted by Crippen LogP contribution is 2.45. The molecule has 46 heavy (non-hydrogen) atoms. The van der Waals surface area contributed by atoms with E-state index >= 15 is 0 Å².